The molecule has 104 valence electrons. The van der Waals surface area contributed by atoms with Crippen molar-refractivity contribution in [3.05, 3.63) is 31.8 Å². The summed E-state index contributed by atoms with van der Waals surface area (Å²) in [4.78, 5) is 14.9. The average molecular weight is 501 g/mol. The number of hydrogen-bond donors (Lipinski definition) is 0. The van der Waals surface area contributed by atoms with Gasteiger partial charge in [-0.25, -0.2) is 0 Å². The molecule has 1 amide bonds. The Morgan fingerprint density at radius 2 is 2.05 bits per heavy atom. The fraction of sp³-hybridized carbons (Fsp3) is 0.500. The number of rotatable bonds is 2. The van der Waals surface area contributed by atoms with Crippen molar-refractivity contribution in [2.75, 3.05) is 7.05 Å². The number of nitrogens with zero attached hydrogens (tertiary/aromatic N) is 1. The second-order valence-electron chi connectivity index (χ2n) is 4.91. The van der Waals surface area contributed by atoms with Crippen molar-refractivity contribution >= 4 is 60.4 Å². The Labute approximate surface area is 144 Å². The van der Waals surface area contributed by atoms with E-state index in [0.29, 0.717) is 10.9 Å². The van der Waals surface area contributed by atoms with Gasteiger partial charge >= 0.3 is 0 Å². The molecule has 1 aromatic carbocycles. The monoisotopic (exact) mass is 499 g/mol. The molecule has 1 aliphatic rings. The molecule has 0 bridgehead atoms. The number of amides is 1. The van der Waals surface area contributed by atoms with E-state index >= 15 is 0 Å². The highest BCUT2D eigenvalue weighted by molar-refractivity contribution is 14.1. The standard InChI is InChI=1S/C14H16Br2INO/c1-18(13-5-3-2-4-12(13)16)14(19)10-8-9(17)6-7-11(10)15/h6-8,12-13H,2-5H2,1H3. The molecule has 0 aliphatic heterocycles. The average Bonchev–Trinajstić information content (AvgIpc) is 2.40. The highest BCUT2D eigenvalue weighted by Gasteiger charge is 2.30. The minimum absolute atomic E-state index is 0.0988. The van der Waals surface area contributed by atoms with Gasteiger partial charge in [-0.1, -0.05) is 28.8 Å². The molecule has 0 heterocycles. The Kier molecular flexibility index (Phi) is 5.72. The number of halogens is 3. The minimum atomic E-state index is 0.0988. The van der Waals surface area contributed by atoms with Crippen LogP contribution in [0.3, 0.4) is 0 Å². The van der Waals surface area contributed by atoms with Gasteiger partial charge in [0.2, 0.25) is 0 Å². The van der Waals surface area contributed by atoms with E-state index in [1.165, 1.54) is 12.8 Å². The molecule has 0 N–H and O–H groups in total. The lowest BCUT2D eigenvalue weighted by Crippen LogP contribution is -2.44. The zero-order valence-electron chi connectivity index (χ0n) is 10.7. The van der Waals surface area contributed by atoms with Gasteiger partial charge < -0.3 is 4.90 Å². The molecule has 1 fully saturated rings. The first-order valence-corrected chi connectivity index (χ1v) is 9.15. The zero-order valence-corrected chi connectivity index (χ0v) is 16.0. The Morgan fingerprint density at radius 3 is 2.74 bits per heavy atom. The third kappa shape index (κ3) is 3.73. The van der Waals surface area contributed by atoms with E-state index < -0.39 is 0 Å². The van der Waals surface area contributed by atoms with E-state index in [4.69, 9.17) is 0 Å². The number of hydrogen-bond acceptors (Lipinski definition) is 1. The smallest absolute Gasteiger partial charge is 0.255 e. The summed E-state index contributed by atoms with van der Waals surface area (Å²) in [6.45, 7) is 0. The van der Waals surface area contributed by atoms with E-state index in [0.717, 1.165) is 26.4 Å². The molecular formula is C14H16Br2INO. The summed E-state index contributed by atoms with van der Waals surface area (Å²) in [5.74, 6) is 0.0988. The predicted octanol–water partition coefficient (Wildman–Crippen LogP) is 4.83. The van der Waals surface area contributed by atoms with E-state index in [1.807, 2.05) is 30.1 Å². The first kappa shape index (κ1) is 15.8. The van der Waals surface area contributed by atoms with E-state index in [-0.39, 0.29) is 5.91 Å². The number of alkyl halides is 1. The Bertz CT molecular complexity index is 481. The number of carbonyl (C=O) groups is 1. The topological polar surface area (TPSA) is 20.3 Å². The SMILES string of the molecule is CN(C(=O)c1cc(I)ccc1Br)C1CCCCC1Br. The van der Waals surface area contributed by atoms with Crippen LogP contribution in [0.15, 0.2) is 22.7 Å². The van der Waals surface area contributed by atoms with Gasteiger partial charge in [0.1, 0.15) is 0 Å². The van der Waals surface area contributed by atoms with Crippen molar-refractivity contribution < 1.29 is 4.79 Å². The molecule has 0 saturated heterocycles. The molecule has 5 heteroatoms. The summed E-state index contributed by atoms with van der Waals surface area (Å²) in [6, 6.07) is 6.17. The van der Waals surface area contributed by atoms with Gasteiger partial charge in [-0.2, -0.15) is 0 Å². The molecule has 2 atom stereocenters. The molecule has 2 unspecified atom stereocenters. The van der Waals surface area contributed by atoms with Crippen LogP contribution in [0.25, 0.3) is 0 Å². The van der Waals surface area contributed by atoms with Crippen molar-refractivity contribution in [3.63, 3.8) is 0 Å². The van der Waals surface area contributed by atoms with Crippen molar-refractivity contribution in [2.24, 2.45) is 0 Å². The van der Waals surface area contributed by atoms with Gasteiger partial charge in [0, 0.05) is 26.0 Å². The lowest BCUT2D eigenvalue weighted by atomic mass is 9.94. The third-order valence-corrected chi connectivity index (χ3v) is 6.05. The summed E-state index contributed by atoms with van der Waals surface area (Å²) in [5.41, 5.74) is 0.750. The fourth-order valence-electron chi connectivity index (χ4n) is 2.50. The Morgan fingerprint density at radius 1 is 1.37 bits per heavy atom. The molecule has 19 heavy (non-hydrogen) atoms. The largest absolute Gasteiger partial charge is 0.338 e. The lowest BCUT2D eigenvalue weighted by Gasteiger charge is -2.35. The van der Waals surface area contributed by atoms with Crippen LogP contribution in [-0.4, -0.2) is 28.7 Å². The van der Waals surface area contributed by atoms with Gasteiger partial charge in [-0.15, -0.1) is 0 Å². The van der Waals surface area contributed by atoms with Gasteiger partial charge in [0.05, 0.1) is 5.56 Å². The summed E-state index contributed by atoms with van der Waals surface area (Å²) >= 11 is 9.43. The second-order valence-corrected chi connectivity index (χ2v) is 8.18. The molecule has 2 nitrogen and oxygen atoms in total. The molecule has 2 rings (SSSR count). The summed E-state index contributed by atoms with van der Waals surface area (Å²) in [6.07, 6.45) is 4.69. The summed E-state index contributed by atoms with van der Waals surface area (Å²) in [7, 11) is 1.92. The Balaban J connectivity index is 2.20. The first-order chi connectivity index (χ1) is 9.00. The molecule has 0 aromatic heterocycles. The molecule has 1 saturated carbocycles. The molecule has 1 aromatic rings. The van der Waals surface area contributed by atoms with Crippen LogP contribution in [0, 0.1) is 3.57 Å². The summed E-state index contributed by atoms with van der Waals surface area (Å²) in [5, 5.41) is 0. The zero-order chi connectivity index (χ0) is 14.0. The van der Waals surface area contributed by atoms with Crippen LogP contribution >= 0.6 is 54.5 Å². The maximum Gasteiger partial charge on any atom is 0.255 e. The van der Waals surface area contributed by atoms with Crippen LogP contribution < -0.4 is 0 Å². The predicted molar refractivity (Wildman–Crippen MR) is 93.9 cm³/mol. The maximum atomic E-state index is 12.6. The third-order valence-electron chi connectivity index (χ3n) is 3.62. The van der Waals surface area contributed by atoms with Gasteiger partial charge in [0.15, 0.2) is 0 Å². The van der Waals surface area contributed by atoms with Crippen LogP contribution in [0.5, 0.6) is 0 Å². The van der Waals surface area contributed by atoms with E-state index in [1.54, 1.807) is 0 Å². The first-order valence-electron chi connectivity index (χ1n) is 6.37. The molecule has 0 radical (unpaired) electrons. The van der Waals surface area contributed by atoms with Crippen LogP contribution in [0.1, 0.15) is 36.0 Å². The van der Waals surface area contributed by atoms with Crippen LogP contribution in [-0.2, 0) is 0 Å². The lowest BCUT2D eigenvalue weighted by molar-refractivity contribution is 0.0704. The van der Waals surface area contributed by atoms with Crippen LogP contribution in [0.4, 0.5) is 0 Å². The van der Waals surface area contributed by atoms with E-state index in [2.05, 4.69) is 54.5 Å². The van der Waals surface area contributed by atoms with Crippen molar-refractivity contribution in [2.45, 2.75) is 36.6 Å². The minimum Gasteiger partial charge on any atom is -0.338 e. The normalized spacial score (nSPS) is 23.2. The van der Waals surface area contributed by atoms with Gasteiger partial charge in [0.25, 0.3) is 5.91 Å². The van der Waals surface area contributed by atoms with E-state index in [9.17, 15) is 4.79 Å². The summed E-state index contributed by atoms with van der Waals surface area (Å²) < 4.78 is 1.95. The highest BCUT2D eigenvalue weighted by Crippen LogP contribution is 2.30. The number of benzene rings is 1. The van der Waals surface area contributed by atoms with Crippen molar-refractivity contribution in [1.29, 1.82) is 0 Å². The molecular weight excluding hydrogens is 485 g/mol. The number of carbonyl (C=O) groups excluding carboxylic acids is 1. The van der Waals surface area contributed by atoms with Crippen molar-refractivity contribution in [3.8, 4) is 0 Å². The van der Waals surface area contributed by atoms with Crippen molar-refractivity contribution in [1.82, 2.24) is 4.90 Å². The van der Waals surface area contributed by atoms with Crippen LogP contribution in [0.2, 0.25) is 0 Å². The Hall–Kier alpha value is 0.380. The van der Waals surface area contributed by atoms with Gasteiger partial charge in [-0.3, -0.25) is 4.79 Å². The maximum absolute atomic E-state index is 12.6. The van der Waals surface area contributed by atoms with Gasteiger partial charge in [-0.05, 0) is 69.6 Å². The second kappa shape index (κ2) is 6.89. The highest BCUT2D eigenvalue weighted by atomic mass is 127. The molecule has 1 aliphatic carbocycles. The quantitative estimate of drug-likeness (QED) is 0.421. The fourth-order valence-corrected chi connectivity index (χ4v) is 4.35. The molecule has 0 spiro atoms.